The van der Waals surface area contributed by atoms with Gasteiger partial charge in [-0.3, -0.25) is 0 Å². The predicted molar refractivity (Wildman–Crippen MR) is 79.7 cm³/mol. The maximum absolute atomic E-state index is 3.64. The number of benzene rings is 2. The molecule has 2 aromatic carbocycles. The fourth-order valence-corrected chi connectivity index (χ4v) is 3.45. The van der Waals surface area contributed by atoms with Crippen LogP contribution in [0.1, 0.15) is 5.56 Å². The molecule has 0 N–H and O–H groups in total. The third-order valence-electron chi connectivity index (χ3n) is 2.89. The Bertz CT molecular complexity index is 682. The van der Waals surface area contributed by atoms with E-state index in [0.717, 1.165) is 4.47 Å². The zero-order valence-electron chi connectivity index (χ0n) is 9.41. The smallest absolute Gasteiger partial charge is 0.0349 e. The van der Waals surface area contributed by atoms with E-state index in [-0.39, 0.29) is 0 Å². The van der Waals surface area contributed by atoms with Crippen molar-refractivity contribution in [1.82, 2.24) is 0 Å². The Morgan fingerprint density at radius 2 is 1.82 bits per heavy atom. The van der Waals surface area contributed by atoms with Crippen molar-refractivity contribution in [1.29, 1.82) is 0 Å². The first-order valence-electron chi connectivity index (χ1n) is 5.48. The van der Waals surface area contributed by atoms with E-state index in [2.05, 4.69) is 70.7 Å². The van der Waals surface area contributed by atoms with Crippen LogP contribution in [-0.4, -0.2) is 0 Å². The Morgan fingerprint density at radius 1 is 1.00 bits per heavy atom. The molecule has 0 radical (unpaired) electrons. The molecule has 1 heterocycles. The normalized spacial score (nSPS) is 10.9. The summed E-state index contributed by atoms with van der Waals surface area (Å²) >= 11 is 5.44. The average Bonchev–Trinajstić information content (AvgIpc) is 2.76. The average molecular weight is 303 g/mol. The fourth-order valence-electron chi connectivity index (χ4n) is 2.03. The molecule has 0 fully saturated rings. The van der Waals surface area contributed by atoms with E-state index in [9.17, 15) is 0 Å². The first-order chi connectivity index (χ1) is 8.25. The van der Waals surface area contributed by atoms with Gasteiger partial charge in [-0.2, -0.15) is 0 Å². The SMILES string of the molecule is Cc1ccc(Br)c(-c2csc3ccccc23)c1. The summed E-state index contributed by atoms with van der Waals surface area (Å²) in [4.78, 5) is 0. The molecule has 2 heteroatoms. The Balaban J connectivity index is 2.31. The number of halogens is 1. The minimum absolute atomic E-state index is 1.16. The van der Waals surface area contributed by atoms with Crippen molar-refractivity contribution in [2.24, 2.45) is 0 Å². The first kappa shape index (κ1) is 11.0. The molecule has 0 unspecified atom stereocenters. The number of rotatable bonds is 1. The number of fused-ring (bicyclic) bond motifs is 1. The van der Waals surface area contributed by atoms with E-state index >= 15 is 0 Å². The summed E-state index contributed by atoms with van der Waals surface area (Å²) in [6.07, 6.45) is 0. The van der Waals surface area contributed by atoms with Crippen LogP contribution in [0.2, 0.25) is 0 Å². The van der Waals surface area contributed by atoms with Gasteiger partial charge in [0.1, 0.15) is 0 Å². The zero-order chi connectivity index (χ0) is 11.8. The Labute approximate surface area is 113 Å². The second-order valence-electron chi connectivity index (χ2n) is 4.13. The Hall–Kier alpha value is -1.12. The second kappa shape index (κ2) is 4.28. The number of hydrogen-bond acceptors (Lipinski definition) is 1. The summed E-state index contributed by atoms with van der Waals surface area (Å²) in [6.45, 7) is 2.13. The summed E-state index contributed by atoms with van der Waals surface area (Å²) in [7, 11) is 0. The molecule has 0 nitrogen and oxygen atoms in total. The largest absolute Gasteiger partial charge is 0.143 e. The maximum Gasteiger partial charge on any atom is 0.0349 e. The van der Waals surface area contributed by atoms with Gasteiger partial charge in [0.15, 0.2) is 0 Å². The molecule has 1 aromatic heterocycles. The van der Waals surface area contributed by atoms with E-state index in [1.54, 1.807) is 11.3 Å². The summed E-state index contributed by atoms with van der Waals surface area (Å²) in [5.41, 5.74) is 3.89. The summed E-state index contributed by atoms with van der Waals surface area (Å²) in [5.74, 6) is 0. The minimum Gasteiger partial charge on any atom is -0.143 e. The molecule has 0 atom stereocenters. The van der Waals surface area contributed by atoms with Crippen molar-refractivity contribution in [3.05, 3.63) is 57.9 Å². The molecular weight excluding hydrogens is 292 g/mol. The van der Waals surface area contributed by atoms with Crippen LogP contribution >= 0.6 is 27.3 Å². The lowest BCUT2D eigenvalue weighted by molar-refractivity contribution is 1.46. The van der Waals surface area contributed by atoms with Gasteiger partial charge in [0.2, 0.25) is 0 Å². The van der Waals surface area contributed by atoms with Gasteiger partial charge >= 0.3 is 0 Å². The molecular formula is C15H11BrS. The van der Waals surface area contributed by atoms with E-state index < -0.39 is 0 Å². The van der Waals surface area contributed by atoms with Gasteiger partial charge < -0.3 is 0 Å². The highest BCUT2D eigenvalue weighted by molar-refractivity contribution is 9.10. The molecule has 17 heavy (non-hydrogen) atoms. The number of aryl methyl sites for hydroxylation is 1. The molecule has 84 valence electrons. The highest BCUT2D eigenvalue weighted by atomic mass is 79.9. The highest BCUT2D eigenvalue weighted by Gasteiger charge is 2.08. The molecule has 0 saturated carbocycles. The molecule has 0 saturated heterocycles. The van der Waals surface area contributed by atoms with Crippen LogP contribution in [0, 0.1) is 6.92 Å². The second-order valence-corrected chi connectivity index (χ2v) is 5.89. The summed E-state index contributed by atoms with van der Waals surface area (Å²) in [5, 5.41) is 3.58. The zero-order valence-corrected chi connectivity index (χ0v) is 11.8. The van der Waals surface area contributed by atoms with Crippen LogP contribution in [0.5, 0.6) is 0 Å². The van der Waals surface area contributed by atoms with E-state index in [0.29, 0.717) is 0 Å². The lowest BCUT2D eigenvalue weighted by Crippen LogP contribution is -1.80. The van der Waals surface area contributed by atoms with Gasteiger partial charge in [-0.25, -0.2) is 0 Å². The summed E-state index contributed by atoms with van der Waals surface area (Å²) in [6, 6.07) is 15.0. The van der Waals surface area contributed by atoms with Crippen LogP contribution < -0.4 is 0 Å². The van der Waals surface area contributed by atoms with Crippen molar-refractivity contribution in [3.8, 4) is 11.1 Å². The number of thiophene rings is 1. The van der Waals surface area contributed by atoms with E-state index in [4.69, 9.17) is 0 Å². The van der Waals surface area contributed by atoms with Crippen molar-refractivity contribution >= 4 is 37.4 Å². The van der Waals surface area contributed by atoms with Gasteiger partial charge in [-0.15, -0.1) is 11.3 Å². The van der Waals surface area contributed by atoms with Gasteiger partial charge in [-0.1, -0.05) is 51.8 Å². The van der Waals surface area contributed by atoms with Crippen LogP contribution in [0.4, 0.5) is 0 Å². The van der Waals surface area contributed by atoms with Gasteiger partial charge in [0.05, 0.1) is 0 Å². The topological polar surface area (TPSA) is 0 Å². The van der Waals surface area contributed by atoms with E-state index in [1.165, 1.54) is 26.8 Å². The minimum atomic E-state index is 1.16. The van der Waals surface area contributed by atoms with Crippen LogP contribution in [-0.2, 0) is 0 Å². The van der Waals surface area contributed by atoms with Crippen LogP contribution in [0.3, 0.4) is 0 Å². The molecule has 0 aliphatic carbocycles. The monoisotopic (exact) mass is 302 g/mol. The third kappa shape index (κ3) is 1.92. The Morgan fingerprint density at radius 3 is 2.71 bits per heavy atom. The maximum atomic E-state index is 3.64. The molecule has 3 aromatic rings. The highest BCUT2D eigenvalue weighted by Crippen LogP contribution is 2.37. The number of hydrogen-bond donors (Lipinski definition) is 0. The lowest BCUT2D eigenvalue weighted by atomic mass is 10.0. The molecule has 0 aliphatic rings. The standard InChI is InChI=1S/C15H11BrS/c1-10-6-7-14(16)12(8-10)13-9-17-15-5-3-2-4-11(13)15/h2-9H,1H3. The van der Waals surface area contributed by atoms with Crippen molar-refractivity contribution in [3.63, 3.8) is 0 Å². The first-order valence-corrected chi connectivity index (χ1v) is 7.16. The predicted octanol–water partition coefficient (Wildman–Crippen LogP) is 5.64. The molecule has 0 bridgehead atoms. The quantitative estimate of drug-likeness (QED) is 0.546. The molecule has 0 amide bonds. The van der Waals surface area contributed by atoms with Gasteiger partial charge in [0.25, 0.3) is 0 Å². The Kier molecular flexibility index (Phi) is 2.77. The molecule has 0 aliphatic heterocycles. The summed E-state index contributed by atoms with van der Waals surface area (Å²) < 4.78 is 2.50. The van der Waals surface area contributed by atoms with Crippen molar-refractivity contribution in [2.45, 2.75) is 6.92 Å². The van der Waals surface area contributed by atoms with Crippen molar-refractivity contribution in [2.75, 3.05) is 0 Å². The molecule has 0 spiro atoms. The third-order valence-corrected chi connectivity index (χ3v) is 4.55. The van der Waals surface area contributed by atoms with Gasteiger partial charge in [-0.05, 0) is 30.0 Å². The van der Waals surface area contributed by atoms with Gasteiger partial charge in [0, 0.05) is 20.1 Å². The van der Waals surface area contributed by atoms with Crippen molar-refractivity contribution < 1.29 is 0 Å². The molecule has 3 rings (SSSR count). The van der Waals surface area contributed by atoms with E-state index in [1.807, 2.05) is 0 Å². The van der Waals surface area contributed by atoms with Crippen LogP contribution in [0.25, 0.3) is 21.2 Å². The lowest BCUT2D eigenvalue weighted by Gasteiger charge is -2.04. The fraction of sp³-hybridized carbons (Fsp3) is 0.0667. The van der Waals surface area contributed by atoms with Crippen LogP contribution in [0.15, 0.2) is 52.3 Å².